The molecule has 4 heteroatoms. The summed E-state index contributed by atoms with van der Waals surface area (Å²) in [5.41, 5.74) is 3.01. The van der Waals surface area contributed by atoms with E-state index in [2.05, 4.69) is 41.2 Å². The van der Waals surface area contributed by atoms with E-state index in [-0.39, 0.29) is 0 Å². The maximum absolute atomic E-state index is 4.32. The van der Waals surface area contributed by atoms with Crippen molar-refractivity contribution in [3.05, 3.63) is 39.6 Å². The van der Waals surface area contributed by atoms with Gasteiger partial charge in [0, 0.05) is 29.5 Å². The first-order valence-electron chi connectivity index (χ1n) is 6.53. The van der Waals surface area contributed by atoms with Gasteiger partial charge in [-0.1, -0.05) is 0 Å². The number of nitrogens with zero attached hydrogens (tertiary/aromatic N) is 2. The molecule has 1 aliphatic carbocycles. The molecule has 1 atom stereocenters. The van der Waals surface area contributed by atoms with Crippen LogP contribution in [0.2, 0.25) is 0 Å². The maximum Gasteiger partial charge on any atom is 0.0897 e. The normalized spacial score (nSPS) is 18.9. The van der Waals surface area contributed by atoms with Crippen LogP contribution in [0.15, 0.2) is 18.6 Å². The van der Waals surface area contributed by atoms with Gasteiger partial charge in [-0.15, -0.1) is 11.3 Å². The number of rotatable bonds is 3. The molecule has 3 nitrogen and oxygen atoms in total. The summed E-state index contributed by atoms with van der Waals surface area (Å²) in [4.78, 5) is 5.65. The summed E-state index contributed by atoms with van der Waals surface area (Å²) < 4.78 is 2.31. The minimum absolute atomic E-state index is 0.540. The second-order valence-corrected chi connectivity index (χ2v) is 6.31. The molecule has 0 bridgehead atoms. The zero-order valence-corrected chi connectivity index (χ0v) is 11.8. The van der Waals surface area contributed by atoms with Crippen LogP contribution in [0, 0.1) is 6.92 Å². The third-order valence-electron chi connectivity index (χ3n) is 3.67. The lowest BCUT2D eigenvalue weighted by molar-refractivity contribution is 0.498. The van der Waals surface area contributed by atoms with Crippen molar-refractivity contribution in [2.45, 2.75) is 38.8 Å². The fourth-order valence-electron chi connectivity index (χ4n) is 2.80. The third kappa shape index (κ3) is 2.22. The Balaban J connectivity index is 1.84. The van der Waals surface area contributed by atoms with Gasteiger partial charge in [-0.25, -0.2) is 4.98 Å². The minimum atomic E-state index is 0.540. The van der Waals surface area contributed by atoms with Gasteiger partial charge in [-0.05, 0) is 44.4 Å². The fourth-order valence-corrected chi connectivity index (χ4v) is 3.60. The van der Waals surface area contributed by atoms with Crippen LogP contribution in [0.25, 0.3) is 0 Å². The van der Waals surface area contributed by atoms with Crippen molar-refractivity contribution in [3.8, 4) is 0 Å². The summed E-state index contributed by atoms with van der Waals surface area (Å²) in [5, 5.41) is 4.57. The second kappa shape index (κ2) is 4.86. The Morgan fingerprint density at radius 3 is 3.11 bits per heavy atom. The zero-order valence-electron chi connectivity index (χ0n) is 10.9. The van der Waals surface area contributed by atoms with Crippen LogP contribution >= 0.6 is 11.3 Å². The second-order valence-electron chi connectivity index (χ2n) is 4.99. The van der Waals surface area contributed by atoms with Crippen molar-refractivity contribution in [1.29, 1.82) is 0 Å². The number of aromatic nitrogens is 2. The van der Waals surface area contributed by atoms with Gasteiger partial charge in [0.15, 0.2) is 0 Å². The Morgan fingerprint density at radius 1 is 1.50 bits per heavy atom. The Labute approximate surface area is 112 Å². The lowest BCUT2D eigenvalue weighted by Crippen LogP contribution is -2.20. The van der Waals surface area contributed by atoms with Crippen LogP contribution in [0.1, 0.15) is 39.9 Å². The van der Waals surface area contributed by atoms with Gasteiger partial charge in [0.05, 0.1) is 11.6 Å². The highest BCUT2D eigenvalue weighted by Gasteiger charge is 2.20. The molecule has 0 spiro atoms. The molecule has 3 rings (SSSR count). The summed E-state index contributed by atoms with van der Waals surface area (Å²) in [7, 11) is 2.06. The summed E-state index contributed by atoms with van der Waals surface area (Å²) in [5.74, 6) is 0. The highest BCUT2D eigenvalue weighted by molar-refractivity contribution is 7.11. The molecular weight excluding hydrogens is 242 g/mol. The lowest BCUT2D eigenvalue weighted by Gasteiger charge is -2.21. The van der Waals surface area contributed by atoms with Crippen LogP contribution in [0.3, 0.4) is 0 Å². The van der Waals surface area contributed by atoms with E-state index >= 15 is 0 Å². The van der Waals surface area contributed by atoms with Crippen LogP contribution < -0.4 is 5.32 Å². The maximum atomic E-state index is 4.32. The molecule has 0 amide bonds. The quantitative estimate of drug-likeness (QED) is 0.920. The molecule has 2 heterocycles. The number of hydrogen-bond acceptors (Lipinski definition) is 3. The van der Waals surface area contributed by atoms with E-state index in [1.54, 1.807) is 11.3 Å². The summed E-state index contributed by atoms with van der Waals surface area (Å²) in [6, 6.07) is 0.540. The predicted octanol–water partition coefficient (Wildman–Crippen LogP) is 2.90. The zero-order chi connectivity index (χ0) is 12.5. The molecule has 2 aromatic rings. The van der Waals surface area contributed by atoms with E-state index < -0.39 is 0 Å². The van der Waals surface area contributed by atoms with Gasteiger partial charge < -0.3 is 9.88 Å². The van der Waals surface area contributed by atoms with Gasteiger partial charge in [0.25, 0.3) is 0 Å². The molecule has 18 heavy (non-hydrogen) atoms. The van der Waals surface area contributed by atoms with Crippen LogP contribution in [-0.4, -0.2) is 16.6 Å². The molecule has 0 saturated carbocycles. The minimum Gasteiger partial charge on any atom is -0.348 e. The van der Waals surface area contributed by atoms with Gasteiger partial charge >= 0.3 is 0 Å². The molecule has 0 saturated heterocycles. The van der Waals surface area contributed by atoms with Crippen LogP contribution in [0.4, 0.5) is 0 Å². The first-order valence-corrected chi connectivity index (χ1v) is 7.35. The molecule has 0 aliphatic heterocycles. The molecule has 2 aromatic heterocycles. The predicted molar refractivity (Wildman–Crippen MR) is 75.1 cm³/mol. The van der Waals surface area contributed by atoms with E-state index in [1.165, 1.54) is 35.3 Å². The van der Waals surface area contributed by atoms with E-state index in [0.717, 1.165) is 11.6 Å². The fraction of sp³-hybridized carbons (Fsp3) is 0.500. The molecule has 0 aromatic carbocycles. The van der Waals surface area contributed by atoms with E-state index in [1.807, 2.05) is 6.20 Å². The Morgan fingerprint density at radius 2 is 2.39 bits per heavy atom. The van der Waals surface area contributed by atoms with Crippen molar-refractivity contribution in [2.24, 2.45) is 0 Å². The highest BCUT2D eigenvalue weighted by atomic mass is 32.1. The van der Waals surface area contributed by atoms with Gasteiger partial charge in [-0.2, -0.15) is 0 Å². The van der Waals surface area contributed by atoms with Crippen LogP contribution in [-0.2, 0) is 13.0 Å². The number of nitrogens with one attached hydrogen (secondary N) is 1. The molecule has 1 N–H and O–H groups in total. The highest BCUT2D eigenvalue weighted by Crippen LogP contribution is 2.30. The smallest absolute Gasteiger partial charge is 0.0897 e. The van der Waals surface area contributed by atoms with Crippen molar-refractivity contribution < 1.29 is 0 Å². The average Bonchev–Trinajstić information content (AvgIpc) is 2.94. The molecule has 1 aliphatic rings. The third-order valence-corrected chi connectivity index (χ3v) is 4.57. The monoisotopic (exact) mass is 261 g/mol. The van der Waals surface area contributed by atoms with E-state index in [0.29, 0.717) is 6.04 Å². The number of aryl methyl sites for hydroxylation is 2. The molecule has 0 radical (unpaired) electrons. The van der Waals surface area contributed by atoms with Crippen molar-refractivity contribution in [2.75, 3.05) is 7.05 Å². The van der Waals surface area contributed by atoms with E-state index in [4.69, 9.17) is 0 Å². The average molecular weight is 261 g/mol. The Hall–Kier alpha value is -1.13. The molecule has 96 valence electrons. The largest absolute Gasteiger partial charge is 0.348 e. The SMILES string of the molecule is CNC1CCCc2cn(Cc3cnc(C)s3)cc21. The Kier molecular flexibility index (Phi) is 3.22. The standard InChI is InChI=1S/C14H19N3S/c1-10-16-6-12(18-10)8-17-7-11-4-3-5-14(15-2)13(11)9-17/h6-7,9,14-15H,3-5,8H2,1-2H3. The Bertz CT molecular complexity index is 541. The van der Waals surface area contributed by atoms with Gasteiger partial charge in [-0.3, -0.25) is 0 Å². The molecule has 0 fully saturated rings. The summed E-state index contributed by atoms with van der Waals surface area (Å²) in [6.07, 6.45) is 10.4. The van der Waals surface area contributed by atoms with Crippen LogP contribution in [0.5, 0.6) is 0 Å². The van der Waals surface area contributed by atoms with E-state index in [9.17, 15) is 0 Å². The van der Waals surface area contributed by atoms with Gasteiger partial charge in [0.1, 0.15) is 0 Å². The van der Waals surface area contributed by atoms with Gasteiger partial charge in [0.2, 0.25) is 0 Å². The summed E-state index contributed by atoms with van der Waals surface area (Å²) >= 11 is 1.79. The summed E-state index contributed by atoms with van der Waals surface area (Å²) in [6.45, 7) is 3.01. The number of thiazole rings is 1. The number of hydrogen-bond donors (Lipinski definition) is 1. The topological polar surface area (TPSA) is 29.9 Å². The van der Waals surface area contributed by atoms with Crippen molar-refractivity contribution >= 4 is 11.3 Å². The lowest BCUT2D eigenvalue weighted by atomic mass is 9.91. The van der Waals surface area contributed by atoms with Crippen molar-refractivity contribution in [1.82, 2.24) is 14.9 Å². The molecule has 1 unspecified atom stereocenters. The first kappa shape index (κ1) is 11.9. The molecular formula is C14H19N3S. The van der Waals surface area contributed by atoms with Crippen molar-refractivity contribution in [3.63, 3.8) is 0 Å². The first-order chi connectivity index (χ1) is 8.76. The number of fused-ring (bicyclic) bond motifs is 1.